The molecule has 0 fully saturated rings. The van der Waals surface area contributed by atoms with Gasteiger partial charge in [-0.2, -0.15) is 0 Å². The fourth-order valence-electron chi connectivity index (χ4n) is 2.87. The SMILES string of the molecule is CC/C(C)=c1\c(C)c(-c2ccc(F)cc2)[nH]\c1=C(/C)N=C(C)C. The van der Waals surface area contributed by atoms with Crippen molar-refractivity contribution < 1.29 is 4.39 Å². The van der Waals surface area contributed by atoms with Crippen LogP contribution in [0.3, 0.4) is 0 Å². The van der Waals surface area contributed by atoms with Gasteiger partial charge in [0.2, 0.25) is 0 Å². The van der Waals surface area contributed by atoms with Crippen LogP contribution in [-0.4, -0.2) is 10.7 Å². The molecule has 1 N–H and O–H groups in total. The molecule has 0 saturated heterocycles. The van der Waals surface area contributed by atoms with Crippen molar-refractivity contribution in [1.29, 1.82) is 0 Å². The van der Waals surface area contributed by atoms with E-state index in [9.17, 15) is 4.39 Å². The Morgan fingerprint density at radius 1 is 1.09 bits per heavy atom. The standard InChI is InChI=1S/C20H25FN2/c1-7-13(4)18-14(5)19(16-8-10-17(21)11-9-16)23-20(18)15(6)22-12(2)3/h8-11,23H,7H2,1-6H3/b18-13+,20-15+. The van der Waals surface area contributed by atoms with Crippen LogP contribution in [0.5, 0.6) is 0 Å². The minimum Gasteiger partial charge on any atom is -0.353 e. The molecular weight excluding hydrogens is 287 g/mol. The monoisotopic (exact) mass is 312 g/mol. The maximum atomic E-state index is 13.2. The van der Waals surface area contributed by atoms with Crippen molar-refractivity contribution in [3.05, 3.63) is 46.2 Å². The van der Waals surface area contributed by atoms with Crippen molar-refractivity contribution in [3.8, 4) is 11.3 Å². The summed E-state index contributed by atoms with van der Waals surface area (Å²) in [6.45, 7) is 12.4. The summed E-state index contributed by atoms with van der Waals surface area (Å²) < 4.78 is 13.2. The molecule has 3 heteroatoms. The number of aromatic nitrogens is 1. The van der Waals surface area contributed by atoms with E-state index in [0.29, 0.717) is 0 Å². The van der Waals surface area contributed by atoms with E-state index in [1.165, 1.54) is 28.5 Å². The molecule has 2 nitrogen and oxygen atoms in total. The van der Waals surface area contributed by atoms with Crippen LogP contribution < -0.4 is 10.6 Å². The molecular formula is C20H25FN2. The number of nitrogens with one attached hydrogen (secondary N) is 1. The van der Waals surface area contributed by atoms with E-state index < -0.39 is 0 Å². The van der Waals surface area contributed by atoms with E-state index in [1.54, 1.807) is 0 Å². The quantitative estimate of drug-likeness (QED) is 0.818. The van der Waals surface area contributed by atoms with Crippen LogP contribution in [0.1, 0.15) is 46.6 Å². The van der Waals surface area contributed by atoms with E-state index in [4.69, 9.17) is 0 Å². The maximum absolute atomic E-state index is 13.2. The Labute approximate surface area is 137 Å². The van der Waals surface area contributed by atoms with Crippen molar-refractivity contribution in [2.75, 3.05) is 0 Å². The molecule has 0 unspecified atom stereocenters. The molecule has 23 heavy (non-hydrogen) atoms. The minimum absolute atomic E-state index is 0.219. The van der Waals surface area contributed by atoms with E-state index in [2.05, 4.69) is 30.7 Å². The van der Waals surface area contributed by atoms with Gasteiger partial charge in [0.05, 0.1) is 11.0 Å². The highest BCUT2D eigenvalue weighted by atomic mass is 19.1. The predicted molar refractivity (Wildman–Crippen MR) is 97.4 cm³/mol. The zero-order valence-electron chi connectivity index (χ0n) is 14.8. The zero-order valence-corrected chi connectivity index (χ0v) is 14.8. The van der Waals surface area contributed by atoms with Crippen LogP contribution in [0.25, 0.3) is 22.5 Å². The number of aliphatic imine (C=N–C) groups is 1. The largest absolute Gasteiger partial charge is 0.353 e. The van der Waals surface area contributed by atoms with E-state index >= 15 is 0 Å². The van der Waals surface area contributed by atoms with Crippen LogP contribution in [0.2, 0.25) is 0 Å². The van der Waals surface area contributed by atoms with Gasteiger partial charge in [0.1, 0.15) is 5.82 Å². The van der Waals surface area contributed by atoms with Crippen molar-refractivity contribution in [3.63, 3.8) is 0 Å². The third-order valence-corrected chi connectivity index (χ3v) is 4.09. The van der Waals surface area contributed by atoms with Gasteiger partial charge in [-0.25, -0.2) is 4.39 Å². The second kappa shape index (κ2) is 6.95. The lowest BCUT2D eigenvalue weighted by Gasteiger charge is -2.00. The lowest BCUT2D eigenvalue weighted by atomic mass is 10.0. The Bertz CT molecular complexity index is 848. The molecule has 2 aromatic rings. The van der Waals surface area contributed by atoms with Gasteiger partial charge in [0.25, 0.3) is 0 Å². The summed E-state index contributed by atoms with van der Waals surface area (Å²) in [6, 6.07) is 6.62. The molecule has 1 aromatic carbocycles. The number of hydrogen-bond donors (Lipinski definition) is 1. The molecule has 0 bridgehead atoms. The molecule has 0 aliphatic carbocycles. The molecule has 0 aliphatic heterocycles. The van der Waals surface area contributed by atoms with Gasteiger partial charge in [0, 0.05) is 16.6 Å². The molecule has 122 valence electrons. The highest BCUT2D eigenvalue weighted by Crippen LogP contribution is 2.19. The van der Waals surface area contributed by atoms with Crippen LogP contribution >= 0.6 is 0 Å². The molecule has 0 amide bonds. The first-order valence-electron chi connectivity index (χ1n) is 8.02. The Balaban J connectivity index is 2.87. The van der Waals surface area contributed by atoms with E-state index in [-0.39, 0.29) is 5.82 Å². The predicted octanol–water partition coefficient (Wildman–Crippen LogP) is 4.32. The summed E-state index contributed by atoms with van der Waals surface area (Å²) in [5, 5.41) is 2.29. The normalized spacial score (nSPS) is 13.7. The fraction of sp³-hybridized carbons (Fsp3) is 0.350. The van der Waals surface area contributed by atoms with Crippen molar-refractivity contribution in [2.24, 2.45) is 4.99 Å². The highest BCUT2D eigenvalue weighted by molar-refractivity contribution is 5.83. The second-order valence-corrected chi connectivity index (χ2v) is 6.16. The van der Waals surface area contributed by atoms with Crippen LogP contribution in [0.4, 0.5) is 4.39 Å². The average Bonchev–Trinajstić information content (AvgIpc) is 2.84. The Morgan fingerprint density at radius 3 is 2.22 bits per heavy atom. The molecule has 0 spiro atoms. The number of nitrogens with zero attached hydrogens (tertiary/aromatic N) is 1. The summed E-state index contributed by atoms with van der Waals surface area (Å²) in [7, 11) is 0. The zero-order chi connectivity index (χ0) is 17.1. The highest BCUT2D eigenvalue weighted by Gasteiger charge is 2.10. The van der Waals surface area contributed by atoms with Crippen molar-refractivity contribution >= 4 is 17.0 Å². The van der Waals surface area contributed by atoms with E-state index in [1.807, 2.05) is 32.9 Å². The molecule has 0 atom stereocenters. The summed E-state index contributed by atoms with van der Waals surface area (Å²) in [5.41, 5.74) is 6.54. The molecule has 0 saturated carbocycles. The van der Waals surface area contributed by atoms with Crippen molar-refractivity contribution in [2.45, 2.75) is 48.0 Å². The number of aromatic amines is 1. The van der Waals surface area contributed by atoms with E-state index in [0.717, 1.165) is 34.4 Å². The van der Waals surface area contributed by atoms with Crippen molar-refractivity contribution in [1.82, 2.24) is 4.98 Å². The van der Waals surface area contributed by atoms with Crippen LogP contribution in [0.15, 0.2) is 29.3 Å². The summed E-state index contributed by atoms with van der Waals surface area (Å²) in [4.78, 5) is 8.13. The number of hydrogen-bond acceptors (Lipinski definition) is 1. The number of H-pyrrole nitrogens is 1. The average molecular weight is 312 g/mol. The fourth-order valence-corrected chi connectivity index (χ4v) is 2.87. The van der Waals surface area contributed by atoms with Gasteiger partial charge in [-0.1, -0.05) is 12.5 Å². The first kappa shape index (κ1) is 17.2. The lowest BCUT2D eigenvalue weighted by molar-refractivity contribution is 0.628. The molecule has 1 aromatic heterocycles. The number of rotatable bonds is 3. The minimum atomic E-state index is -0.219. The molecule has 1 heterocycles. The third kappa shape index (κ3) is 3.61. The second-order valence-electron chi connectivity index (χ2n) is 6.16. The summed E-state index contributed by atoms with van der Waals surface area (Å²) >= 11 is 0. The lowest BCUT2D eigenvalue weighted by Crippen LogP contribution is -2.28. The van der Waals surface area contributed by atoms with Crippen LogP contribution in [0, 0.1) is 12.7 Å². The Kier molecular flexibility index (Phi) is 5.19. The van der Waals surface area contributed by atoms with Gasteiger partial charge < -0.3 is 4.98 Å². The third-order valence-electron chi connectivity index (χ3n) is 4.09. The van der Waals surface area contributed by atoms with Gasteiger partial charge in [-0.3, -0.25) is 4.99 Å². The van der Waals surface area contributed by atoms with Crippen LogP contribution in [-0.2, 0) is 0 Å². The summed E-state index contributed by atoms with van der Waals surface area (Å²) in [6.07, 6.45) is 0.983. The van der Waals surface area contributed by atoms with Gasteiger partial charge in [-0.05, 0) is 76.4 Å². The number of benzene rings is 1. The number of halogens is 1. The Hall–Kier alpha value is -2.16. The Morgan fingerprint density at radius 2 is 1.70 bits per heavy atom. The maximum Gasteiger partial charge on any atom is 0.123 e. The first-order chi connectivity index (χ1) is 10.8. The molecule has 2 rings (SSSR count). The summed E-state index contributed by atoms with van der Waals surface area (Å²) in [5.74, 6) is -0.219. The van der Waals surface area contributed by atoms with Gasteiger partial charge >= 0.3 is 0 Å². The van der Waals surface area contributed by atoms with Gasteiger partial charge in [0.15, 0.2) is 0 Å². The molecule has 0 aliphatic rings. The van der Waals surface area contributed by atoms with Gasteiger partial charge in [-0.15, -0.1) is 0 Å². The smallest absolute Gasteiger partial charge is 0.123 e. The molecule has 0 radical (unpaired) electrons. The topological polar surface area (TPSA) is 28.1 Å². The first-order valence-corrected chi connectivity index (χ1v) is 8.02.